The number of ether oxygens (including phenoxy) is 1. The number of sulfone groups is 1. The van der Waals surface area contributed by atoms with Gasteiger partial charge in [0.15, 0.2) is 9.84 Å². The summed E-state index contributed by atoms with van der Waals surface area (Å²) >= 11 is -0.356. The van der Waals surface area contributed by atoms with Crippen molar-refractivity contribution in [3.05, 3.63) is 81.5 Å². The first-order chi connectivity index (χ1) is 12.1. The second-order valence-electron chi connectivity index (χ2n) is 5.70. The Bertz CT molecular complexity index is 977. The Kier molecular flexibility index (Phi) is 4.47. The molecule has 2 aliphatic rings. The summed E-state index contributed by atoms with van der Waals surface area (Å²) in [6.07, 6.45) is 2.02. The lowest BCUT2D eigenvalue weighted by Gasteiger charge is -2.30. The van der Waals surface area contributed by atoms with Gasteiger partial charge in [-0.3, -0.25) is 0 Å². The molecule has 0 radical (unpaired) electrons. The van der Waals surface area contributed by atoms with Crippen molar-refractivity contribution in [2.24, 2.45) is 0 Å². The van der Waals surface area contributed by atoms with E-state index in [1.807, 2.05) is 65.7 Å². The van der Waals surface area contributed by atoms with Crippen molar-refractivity contribution in [1.29, 1.82) is 0 Å². The van der Waals surface area contributed by atoms with Gasteiger partial charge in [-0.15, -0.1) is 0 Å². The van der Waals surface area contributed by atoms with Crippen LogP contribution in [-0.2, 0) is 9.84 Å². The maximum atomic E-state index is 12.0. The zero-order chi connectivity index (χ0) is 17.3. The Morgan fingerprint density at radius 1 is 0.960 bits per heavy atom. The summed E-state index contributed by atoms with van der Waals surface area (Å²) in [6.45, 7) is 0.521. The van der Waals surface area contributed by atoms with E-state index in [-0.39, 0.29) is 26.5 Å². The zero-order valence-corrected chi connectivity index (χ0v) is 16.3. The van der Waals surface area contributed by atoms with Gasteiger partial charge in [0.05, 0.1) is 16.9 Å². The SMILES string of the molecule is O=S1(=O)C=C2C(c3ccc(Oc4ccccc4)cc3)=IC=CN2CC1. The van der Waals surface area contributed by atoms with E-state index >= 15 is 0 Å². The molecule has 0 unspecified atom stereocenters. The number of nitrogens with zero attached hydrogens (tertiary/aromatic N) is 1. The predicted molar refractivity (Wildman–Crippen MR) is 109 cm³/mol. The fraction of sp³-hybridized carbons (Fsp3) is 0.105. The Balaban J connectivity index is 1.62. The molecule has 0 aromatic heterocycles. The molecule has 0 fully saturated rings. The molecule has 6 heteroatoms. The minimum atomic E-state index is -3.11. The van der Waals surface area contributed by atoms with Crippen LogP contribution in [0.4, 0.5) is 0 Å². The van der Waals surface area contributed by atoms with Crippen LogP contribution in [0.2, 0.25) is 0 Å². The van der Waals surface area contributed by atoms with Gasteiger partial charge in [0.25, 0.3) is 0 Å². The van der Waals surface area contributed by atoms with Gasteiger partial charge in [-0.1, -0.05) is 51.1 Å². The van der Waals surface area contributed by atoms with Crippen molar-refractivity contribution in [1.82, 2.24) is 4.90 Å². The predicted octanol–water partition coefficient (Wildman–Crippen LogP) is 4.03. The van der Waals surface area contributed by atoms with Crippen molar-refractivity contribution >= 4 is 34.1 Å². The molecule has 0 saturated heterocycles. The van der Waals surface area contributed by atoms with Crippen LogP contribution in [0, 0.1) is 0 Å². The Labute approximate surface area is 157 Å². The summed E-state index contributed by atoms with van der Waals surface area (Å²) in [5.74, 6) is 1.74. The molecule has 2 aliphatic heterocycles. The highest BCUT2D eigenvalue weighted by atomic mass is 127. The molecule has 0 saturated carbocycles. The van der Waals surface area contributed by atoms with Crippen molar-refractivity contribution < 1.29 is 13.2 Å². The Morgan fingerprint density at radius 3 is 2.44 bits per heavy atom. The summed E-state index contributed by atoms with van der Waals surface area (Å²) in [7, 11) is -3.11. The lowest BCUT2D eigenvalue weighted by Crippen LogP contribution is -2.33. The number of benzene rings is 2. The first kappa shape index (κ1) is 16.5. The van der Waals surface area contributed by atoms with Crippen molar-refractivity contribution in [2.45, 2.75) is 0 Å². The van der Waals surface area contributed by atoms with E-state index in [4.69, 9.17) is 4.74 Å². The summed E-state index contributed by atoms with van der Waals surface area (Å²) < 4.78 is 33.1. The Morgan fingerprint density at radius 2 is 1.68 bits per heavy atom. The van der Waals surface area contributed by atoms with Crippen LogP contribution < -0.4 is 4.74 Å². The van der Waals surface area contributed by atoms with Crippen LogP contribution in [0.3, 0.4) is 0 Å². The molecule has 2 aromatic carbocycles. The molecule has 2 aromatic rings. The van der Waals surface area contributed by atoms with Crippen LogP contribution in [0.25, 0.3) is 0 Å². The molecule has 0 atom stereocenters. The van der Waals surface area contributed by atoms with Crippen LogP contribution in [0.1, 0.15) is 5.56 Å². The third-order valence-electron chi connectivity index (χ3n) is 3.94. The van der Waals surface area contributed by atoms with E-state index in [9.17, 15) is 8.42 Å². The fourth-order valence-electron chi connectivity index (χ4n) is 2.70. The summed E-state index contributed by atoms with van der Waals surface area (Å²) in [4.78, 5) is 2.04. The highest BCUT2D eigenvalue weighted by Gasteiger charge is 2.26. The number of rotatable bonds is 3. The second-order valence-corrected chi connectivity index (χ2v) is 10.1. The number of hydrogen-bond donors (Lipinski definition) is 0. The highest BCUT2D eigenvalue weighted by molar-refractivity contribution is 14.2. The monoisotopic (exact) mass is 465 g/mol. The van der Waals surface area contributed by atoms with Gasteiger partial charge < -0.3 is 9.64 Å². The van der Waals surface area contributed by atoms with E-state index in [0.29, 0.717) is 6.54 Å². The summed E-state index contributed by atoms with van der Waals surface area (Å²) in [5, 5.41) is 1.43. The van der Waals surface area contributed by atoms with E-state index in [0.717, 1.165) is 26.3 Å². The van der Waals surface area contributed by atoms with Gasteiger partial charge in [0.1, 0.15) is 11.5 Å². The van der Waals surface area contributed by atoms with Crippen molar-refractivity contribution in [3.8, 4) is 11.5 Å². The number of para-hydroxylation sites is 1. The molecular weight excluding hydrogens is 449 g/mol. The van der Waals surface area contributed by atoms with E-state index in [2.05, 4.69) is 4.08 Å². The first-order valence-electron chi connectivity index (χ1n) is 7.83. The molecular formula is C19H16INO3S. The van der Waals surface area contributed by atoms with Crippen LogP contribution >= 0.6 is 20.7 Å². The van der Waals surface area contributed by atoms with Gasteiger partial charge in [0.2, 0.25) is 0 Å². The highest BCUT2D eigenvalue weighted by Crippen LogP contribution is 2.30. The minimum absolute atomic E-state index is 0.177. The second kappa shape index (κ2) is 6.76. The molecule has 4 nitrogen and oxygen atoms in total. The van der Waals surface area contributed by atoms with Gasteiger partial charge >= 0.3 is 0 Å². The molecule has 2 heterocycles. The maximum Gasteiger partial charge on any atom is 0.175 e. The normalized spacial score (nSPS) is 18.5. The summed E-state index contributed by atoms with van der Waals surface area (Å²) in [6, 6.07) is 17.5. The first-order valence-corrected chi connectivity index (χ1v) is 11.9. The van der Waals surface area contributed by atoms with Crippen LogP contribution in [0.5, 0.6) is 11.5 Å². The standard InChI is InChI=1S/C19H16INO3S/c22-25(23)13-12-21-11-10-20-19(18(21)14-25)15-6-8-17(9-7-15)24-16-4-2-1-3-5-16/h1-11,14H,12-13H2. The van der Waals surface area contributed by atoms with Crippen LogP contribution in [0.15, 0.2) is 76.0 Å². The van der Waals surface area contributed by atoms with Crippen molar-refractivity contribution in [3.63, 3.8) is 0 Å². The molecule has 0 aliphatic carbocycles. The largest absolute Gasteiger partial charge is 0.457 e. The third kappa shape index (κ3) is 3.69. The van der Waals surface area contributed by atoms with Crippen molar-refractivity contribution in [2.75, 3.05) is 12.3 Å². The van der Waals surface area contributed by atoms with Crippen LogP contribution in [-0.4, -0.2) is 29.1 Å². The lowest BCUT2D eigenvalue weighted by atomic mass is 10.1. The van der Waals surface area contributed by atoms with E-state index < -0.39 is 9.84 Å². The number of halogens is 1. The Hall–Kier alpha value is -1.93. The maximum absolute atomic E-state index is 12.0. The average molecular weight is 465 g/mol. The third-order valence-corrected chi connectivity index (χ3v) is 7.75. The number of hydrogen-bond acceptors (Lipinski definition) is 4. The molecule has 0 bridgehead atoms. The minimum Gasteiger partial charge on any atom is -0.457 e. The fourth-order valence-corrected chi connectivity index (χ4v) is 6.48. The smallest absolute Gasteiger partial charge is 0.175 e. The quantitative estimate of drug-likeness (QED) is 0.643. The van der Waals surface area contributed by atoms with Gasteiger partial charge in [-0.25, -0.2) is 8.42 Å². The number of fused-ring (bicyclic) bond motifs is 1. The average Bonchev–Trinajstić information content (AvgIpc) is 2.62. The van der Waals surface area contributed by atoms with E-state index in [1.165, 1.54) is 5.41 Å². The molecule has 0 N–H and O–H groups in total. The van der Waals surface area contributed by atoms with Gasteiger partial charge in [-0.05, 0) is 33.9 Å². The molecule has 128 valence electrons. The van der Waals surface area contributed by atoms with Gasteiger partial charge in [0, 0.05) is 16.3 Å². The molecule has 25 heavy (non-hydrogen) atoms. The number of allylic oxidation sites excluding steroid dienone is 1. The molecule has 0 spiro atoms. The summed E-state index contributed by atoms with van der Waals surface area (Å²) in [5.41, 5.74) is 1.89. The molecule has 0 amide bonds. The zero-order valence-electron chi connectivity index (χ0n) is 13.3. The van der Waals surface area contributed by atoms with E-state index in [1.54, 1.807) is 0 Å². The lowest BCUT2D eigenvalue weighted by molar-refractivity contribution is 0.482. The topological polar surface area (TPSA) is 46.6 Å². The van der Waals surface area contributed by atoms with Gasteiger partial charge in [-0.2, -0.15) is 0 Å². The molecule has 4 rings (SSSR count).